The van der Waals surface area contributed by atoms with E-state index in [0.717, 1.165) is 5.56 Å². The van der Waals surface area contributed by atoms with Crippen LogP contribution in [0.3, 0.4) is 0 Å². The van der Waals surface area contributed by atoms with E-state index in [1.54, 1.807) is 32.6 Å². The van der Waals surface area contributed by atoms with Gasteiger partial charge in [-0.1, -0.05) is 18.2 Å². The Balaban J connectivity index is 1.68. The van der Waals surface area contributed by atoms with Crippen molar-refractivity contribution in [2.24, 2.45) is 17.6 Å². The van der Waals surface area contributed by atoms with Crippen LogP contribution in [0.15, 0.2) is 53.6 Å². The summed E-state index contributed by atoms with van der Waals surface area (Å²) in [4.78, 5) is 44.6. The number of phenols is 1. The highest BCUT2D eigenvalue weighted by atomic mass is 16.3. The summed E-state index contributed by atoms with van der Waals surface area (Å²) < 4.78 is 0. The molecule has 0 aliphatic heterocycles. The fourth-order valence-corrected chi connectivity index (χ4v) is 6.08. The van der Waals surface area contributed by atoms with Gasteiger partial charge in [-0.2, -0.15) is 0 Å². The molecule has 1 fully saturated rings. The van der Waals surface area contributed by atoms with Crippen LogP contribution in [0.2, 0.25) is 0 Å². The second-order valence-electron chi connectivity index (χ2n) is 10.1. The molecule has 4 atom stereocenters. The first kappa shape index (κ1) is 25.4. The zero-order valence-electron chi connectivity index (χ0n) is 20.8. The number of phenolic OH excluding ortho intramolecular Hbond substituents is 1. The standard InChI is InChI=1S/C28H27N3O7/c1-31(2)22-17-12-15-11-16-14(4-3-13-7-9-30-10-8-13)5-6-18(32)20(16)23(33)19(15)25(35)28(17,38)26(36)21(24(22)34)27(29)37/h3-10,15,17,22,32-33,36,38H,11-12H2,1-2H3,(H2,29,37)/b4-3+/t15-,17-,22-,28-/m1/s1. The predicted molar refractivity (Wildman–Crippen MR) is 137 cm³/mol. The average molecular weight is 518 g/mol. The maximum absolute atomic E-state index is 13.9. The number of aromatic nitrogens is 1. The molecule has 196 valence electrons. The largest absolute Gasteiger partial charge is 0.508 e. The summed E-state index contributed by atoms with van der Waals surface area (Å²) in [5.41, 5.74) is 3.92. The summed E-state index contributed by atoms with van der Waals surface area (Å²) >= 11 is 0. The third-order valence-corrected chi connectivity index (χ3v) is 7.80. The van der Waals surface area contributed by atoms with E-state index >= 15 is 0 Å². The molecule has 10 heteroatoms. The van der Waals surface area contributed by atoms with Crippen LogP contribution < -0.4 is 5.73 Å². The normalized spacial score (nSPS) is 27.0. The molecule has 0 unspecified atom stereocenters. The summed E-state index contributed by atoms with van der Waals surface area (Å²) in [7, 11) is 3.13. The van der Waals surface area contributed by atoms with Crippen LogP contribution in [0.1, 0.15) is 28.7 Å². The number of aliphatic hydroxyl groups excluding tert-OH is 2. The molecular formula is C28H27N3O7. The van der Waals surface area contributed by atoms with Crippen molar-refractivity contribution >= 4 is 35.4 Å². The molecule has 0 bridgehead atoms. The van der Waals surface area contributed by atoms with Gasteiger partial charge in [0.1, 0.15) is 22.8 Å². The molecule has 3 aliphatic carbocycles. The zero-order valence-corrected chi connectivity index (χ0v) is 20.8. The Morgan fingerprint density at radius 2 is 1.79 bits per heavy atom. The van der Waals surface area contributed by atoms with E-state index in [2.05, 4.69) is 4.98 Å². The molecule has 2 aromatic rings. The number of benzene rings is 1. The number of Topliss-reactive ketones (excluding diaryl/α,β-unsaturated/α-hetero) is 2. The minimum absolute atomic E-state index is 0.0366. The van der Waals surface area contributed by atoms with E-state index in [4.69, 9.17) is 5.73 Å². The van der Waals surface area contributed by atoms with Gasteiger partial charge >= 0.3 is 0 Å². The van der Waals surface area contributed by atoms with Crippen LogP contribution in [-0.4, -0.2) is 73.5 Å². The number of aromatic hydroxyl groups is 1. The quantitative estimate of drug-likeness (QED) is 0.377. The van der Waals surface area contributed by atoms with Gasteiger partial charge in [-0.25, -0.2) is 0 Å². The van der Waals surface area contributed by atoms with Gasteiger partial charge in [0.25, 0.3) is 5.91 Å². The van der Waals surface area contributed by atoms with Gasteiger partial charge in [-0.3, -0.25) is 24.3 Å². The average Bonchev–Trinajstić information content (AvgIpc) is 2.86. The Morgan fingerprint density at radius 1 is 1.11 bits per heavy atom. The van der Waals surface area contributed by atoms with Crippen molar-refractivity contribution in [2.45, 2.75) is 24.5 Å². The number of fused-ring (bicyclic) bond motifs is 3. The van der Waals surface area contributed by atoms with Crippen molar-refractivity contribution in [3.8, 4) is 5.75 Å². The van der Waals surface area contributed by atoms with Crippen molar-refractivity contribution in [3.63, 3.8) is 0 Å². The van der Waals surface area contributed by atoms with Gasteiger partial charge in [-0.05, 0) is 67.7 Å². The van der Waals surface area contributed by atoms with E-state index in [1.165, 1.54) is 11.0 Å². The Kier molecular flexibility index (Phi) is 5.96. The summed E-state index contributed by atoms with van der Waals surface area (Å²) in [5, 5.41) is 44.5. The fraction of sp³-hybridized carbons (Fsp3) is 0.286. The second-order valence-corrected chi connectivity index (χ2v) is 10.1. The van der Waals surface area contributed by atoms with E-state index in [0.29, 0.717) is 11.1 Å². The third kappa shape index (κ3) is 3.56. The van der Waals surface area contributed by atoms with Crippen molar-refractivity contribution in [2.75, 3.05) is 14.1 Å². The number of hydrogen-bond acceptors (Lipinski definition) is 9. The molecule has 38 heavy (non-hydrogen) atoms. The zero-order chi connectivity index (χ0) is 27.5. The molecule has 0 radical (unpaired) electrons. The van der Waals surface area contributed by atoms with Crippen molar-refractivity contribution in [1.29, 1.82) is 0 Å². The molecular weight excluding hydrogens is 490 g/mol. The minimum Gasteiger partial charge on any atom is -0.508 e. The Bertz CT molecular complexity index is 1470. The highest BCUT2D eigenvalue weighted by Gasteiger charge is 2.64. The van der Waals surface area contributed by atoms with Gasteiger partial charge in [0.05, 0.1) is 11.6 Å². The van der Waals surface area contributed by atoms with Gasteiger partial charge < -0.3 is 26.2 Å². The molecule has 1 saturated carbocycles. The first-order valence-electron chi connectivity index (χ1n) is 12.1. The van der Waals surface area contributed by atoms with Crippen LogP contribution in [0.5, 0.6) is 5.75 Å². The summed E-state index contributed by atoms with van der Waals surface area (Å²) in [6.45, 7) is 0. The second kappa shape index (κ2) is 8.93. The Labute approximate surface area is 218 Å². The third-order valence-electron chi connectivity index (χ3n) is 7.80. The number of carbonyl (C=O) groups is 3. The van der Waals surface area contributed by atoms with E-state index < -0.39 is 58.0 Å². The topological polar surface area (TPSA) is 174 Å². The predicted octanol–water partition coefficient (Wildman–Crippen LogP) is 1.53. The number of nitrogens with zero attached hydrogens (tertiary/aromatic N) is 2. The maximum atomic E-state index is 13.9. The van der Waals surface area contributed by atoms with Gasteiger partial charge in [0.15, 0.2) is 11.4 Å². The first-order valence-corrected chi connectivity index (χ1v) is 12.1. The number of amides is 1. The number of nitrogens with two attached hydrogens (primary N) is 1. The lowest BCUT2D eigenvalue weighted by Gasteiger charge is -2.50. The molecule has 1 heterocycles. The SMILES string of the molecule is CN(C)[C@H]1C(=O)C(C(N)=O)=C(O)[C@]2(O)C(=O)C3=C(O)c4c(O)ccc(/C=C/c5ccncc5)c4C[C@@H]3C[C@H]12. The molecule has 6 N–H and O–H groups in total. The molecule has 10 nitrogen and oxygen atoms in total. The van der Waals surface area contributed by atoms with E-state index in [-0.39, 0.29) is 29.7 Å². The smallest absolute Gasteiger partial charge is 0.255 e. The number of rotatable bonds is 4. The minimum atomic E-state index is -2.65. The number of ketones is 2. The summed E-state index contributed by atoms with van der Waals surface area (Å²) in [5.74, 6) is -6.71. The van der Waals surface area contributed by atoms with Gasteiger partial charge in [0.2, 0.25) is 5.78 Å². The maximum Gasteiger partial charge on any atom is 0.255 e. The van der Waals surface area contributed by atoms with Crippen LogP contribution in [0.25, 0.3) is 17.9 Å². The Morgan fingerprint density at radius 3 is 2.42 bits per heavy atom. The monoisotopic (exact) mass is 517 g/mol. The molecule has 3 aliphatic rings. The molecule has 1 aromatic carbocycles. The van der Waals surface area contributed by atoms with Gasteiger partial charge in [-0.15, -0.1) is 0 Å². The van der Waals surface area contributed by atoms with E-state index in [9.17, 15) is 34.8 Å². The fourth-order valence-electron chi connectivity index (χ4n) is 6.08. The van der Waals surface area contributed by atoms with Crippen LogP contribution >= 0.6 is 0 Å². The number of aliphatic hydroxyl groups is 3. The van der Waals surface area contributed by atoms with Crippen LogP contribution in [0.4, 0.5) is 0 Å². The number of likely N-dealkylation sites (N-methyl/N-ethyl adjacent to an activating group) is 1. The number of primary amides is 1. The van der Waals surface area contributed by atoms with Gasteiger partial charge in [0, 0.05) is 23.9 Å². The highest BCUT2D eigenvalue weighted by Crippen LogP contribution is 2.53. The molecule has 1 amide bonds. The summed E-state index contributed by atoms with van der Waals surface area (Å²) in [6.07, 6.45) is 7.25. The number of carbonyl (C=O) groups excluding carboxylic acids is 3. The highest BCUT2D eigenvalue weighted by molar-refractivity contribution is 6.24. The lowest BCUT2D eigenvalue weighted by molar-refractivity contribution is -0.153. The lowest BCUT2D eigenvalue weighted by atomic mass is 9.57. The van der Waals surface area contributed by atoms with E-state index in [1.807, 2.05) is 24.3 Å². The molecule has 0 spiro atoms. The first-order chi connectivity index (χ1) is 18.0. The molecule has 5 rings (SSSR count). The summed E-state index contributed by atoms with van der Waals surface area (Å²) in [6, 6.07) is 5.62. The van der Waals surface area contributed by atoms with Crippen molar-refractivity contribution in [1.82, 2.24) is 9.88 Å². The van der Waals surface area contributed by atoms with Crippen LogP contribution in [0, 0.1) is 11.8 Å². The number of hydrogen-bond donors (Lipinski definition) is 5. The lowest BCUT2D eigenvalue weighted by Crippen LogP contribution is -2.65. The molecule has 1 aromatic heterocycles. The van der Waals surface area contributed by atoms with Crippen LogP contribution in [-0.2, 0) is 20.8 Å². The Hall–Kier alpha value is -4.28. The molecule has 0 saturated heterocycles. The van der Waals surface area contributed by atoms with Crippen molar-refractivity contribution in [3.05, 3.63) is 75.8 Å². The number of pyridine rings is 1. The van der Waals surface area contributed by atoms with Crippen molar-refractivity contribution < 1.29 is 34.8 Å².